The molecule has 0 saturated heterocycles. The van der Waals surface area contributed by atoms with Gasteiger partial charge in [-0.25, -0.2) is 4.79 Å². The van der Waals surface area contributed by atoms with Gasteiger partial charge in [0.25, 0.3) is 5.91 Å². The fourth-order valence-corrected chi connectivity index (χ4v) is 4.28. The summed E-state index contributed by atoms with van der Waals surface area (Å²) < 4.78 is 17.3. The monoisotopic (exact) mass is 443 g/mol. The number of benzene rings is 2. The fraction of sp³-hybridized carbons (Fsp3) is 0.150. The Morgan fingerprint density at radius 3 is 2.83 bits per heavy atom. The standard InChI is InChI=1S/C20H17N3O5S2/c1-26-19(25)12-3-2-4-13(8-12)23-17(21)16(30-20(23)29)18(24)22-9-11-5-6-14-15(7-11)28-10-27-14/h2-8H,9-10,21H2,1H3,(H,22,24). The number of amides is 1. The van der Waals surface area contributed by atoms with Gasteiger partial charge in [-0.3, -0.25) is 9.36 Å². The zero-order valence-electron chi connectivity index (χ0n) is 15.8. The van der Waals surface area contributed by atoms with Crippen molar-refractivity contribution in [2.45, 2.75) is 6.54 Å². The minimum absolute atomic E-state index is 0.190. The SMILES string of the molecule is COC(=O)c1cccc(-n2c(N)c(C(=O)NCc3ccc4c(c3)OCO4)sc2=S)c1. The molecule has 0 unspecified atom stereocenters. The Morgan fingerprint density at radius 2 is 2.03 bits per heavy atom. The molecule has 1 aliphatic rings. The van der Waals surface area contributed by atoms with Gasteiger partial charge >= 0.3 is 5.97 Å². The minimum Gasteiger partial charge on any atom is -0.465 e. The Morgan fingerprint density at radius 1 is 1.23 bits per heavy atom. The molecule has 30 heavy (non-hydrogen) atoms. The molecular formula is C20H17N3O5S2. The van der Waals surface area contributed by atoms with Crippen molar-refractivity contribution in [3.8, 4) is 17.2 Å². The third-order valence-electron chi connectivity index (χ3n) is 4.47. The number of carbonyl (C=O) groups excluding carboxylic acids is 2. The number of rotatable bonds is 5. The van der Waals surface area contributed by atoms with E-state index >= 15 is 0 Å². The Bertz CT molecular complexity index is 1200. The van der Waals surface area contributed by atoms with Gasteiger partial charge < -0.3 is 25.3 Å². The minimum atomic E-state index is -0.473. The molecule has 8 nitrogen and oxygen atoms in total. The number of nitrogen functional groups attached to an aromatic ring is 1. The van der Waals surface area contributed by atoms with Gasteiger partial charge in [-0.2, -0.15) is 0 Å². The molecule has 1 amide bonds. The van der Waals surface area contributed by atoms with Crippen LogP contribution in [0.15, 0.2) is 42.5 Å². The molecule has 3 aromatic rings. The Balaban J connectivity index is 1.55. The van der Waals surface area contributed by atoms with Crippen LogP contribution in [0.5, 0.6) is 11.5 Å². The highest BCUT2D eigenvalue weighted by Gasteiger charge is 2.19. The van der Waals surface area contributed by atoms with Gasteiger partial charge in [0.05, 0.1) is 18.4 Å². The molecule has 3 N–H and O–H groups in total. The fourth-order valence-electron chi connectivity index (χ4n) is 3.00. The normalized spacial score (nSPS) is 11.9. The summed E-state index contributed by atoms with van der Waals surface area (Å²) in [6.07, 6.45) is 0. The highest BCUT2D eigenvalue weighted by atomic mass is 32.1. The predicted octanol–water partition coefficient (Wildman–Crippen LogP) is 3.30. The maximum Gasteiger partial charge on any atom is 0.337 e. The van der Waals surface area contributed by atoms with Gasteiger partial charge in [0.2, 0.25) is 6.79 Å². The molecule has 2 heterocycles. The summed E-state index contributed by atoms with van der Waals surface area (Å²) in [5.74, 6) is 0.713. The number of carbonyl (C=O) groups is 2. The average Bonchev–Trinajstić information content (AvgIpc) is 3.34. The molecule has 1 aromatic heterocycles. The molecule has 154 valence electrons. The summed E-state index contributed by atoms with van der Waals surface area (Å²) in [6.45, 7) is 0.479. The maximum atomic E-state index is 12.7. The third-order valence-corrected chi connectivity index (χ3v) is 5.86. The number of esters is 1. The Hall–Kier alpha value is -3.37. The summed E-state index contributed by atoms with van der Waals surface area (Å²) in [5.41, 5.74) is 8.03. The highest BCUT2D eigenvalue weighted by molar-refractivity contribution is 7.73. The molecule has 0 spiro atoms. The maximum absolute atomic E-state index is 12.7. The van der Waals surface area contributed by atoms with Crippen molar-refractivity contribution < 1.29 is 23.8 Å². The van der Waals surface area contributed by atoms with E-state index in [2.05, 4.69) is 5.32 Å². The number of nitrogens with one attached hydrogen (secondary N) is 1. The molecule has 10 heteroatoms. The molecule has 1 aliphatic heterocycles. The van der Waals surface area contributed by atoms with Crippen molar-refractivity contribution in [3.05, 3.63) is 62.4 Å². The van der Waals surface area contributed by atoms with Crippen LogP contribution in [0.3, 0.4) is 0 Å². The molecular weight excluding hydrogens is 426 g/mol. The molecule has 0 radical (unpaired) electrons. The van der Waals surface area contributed by atoms with Crippen molar-refractivity contribution in [2.24, 2.45) is 0 Å². The summed E-state index contributed by atoms with van der Waals surface area (Å²) in [6, 6.07) is 12.1. The smallest absolute Gasteiger partial charge is 0.337 e. The van der Waals surface area contributed by atoms with Crippen LogP contribution in [0.25, 0.3) is 5.69 Å². The lowest BCUT2D eigenvalue weighted by Crippen LogP contribution is -2.23. The van der Waals surface area contributed by atoms with Crippen LogP contribution >= 0.6 is 23.6 Å². The first kappa shape index (κ1) is 19.9. The number of hydrogen-bond donors (Lipinski definition) is 2. The topological polar surface area (TPSA) is 105 Å². The van der Waals surface area contributed by atoms with Gasteiger partial charge in [-0.05, 0) is 48.1 Å². The molecule has 0 aliphatic carbocycles. The molecule has 2 aromatic carbocycles. The quantitative estimate of drug-likeness (QED) is 0.460. The van der Waals surface area contributed by atoms with Gasteiger partial charge in [0.15, 0.2) is 15.5 Å². The third kappa shape index (κ3) is 3.74. The van der Waals surface area contributed by atoms with Crippen LogP contribution in [0.1, 0.15) is 25.6 Å². The predicted molar refractivity (Wildman–Crippen MR) is 114 cm³/mol. The van der Waals surface area contributed by atoms with Gasteiger partial charge in [0.1, 0.15) is 10.7 Å². The van der Waals surface area contributed by atoms with Crippen molar-refractivity contribution >= 4 is 41.2 Å². The summed E-state index contributed by atoms with van der Waals surface area (Å²) in [4.78, 5) is 24.8. The van der Waals surface area contributed by atoms with E-state index in [1.807, 2.05) is 12.1 Å². The van der Waals surface area contributed by atoms with Crippen LogP contribution in [0, 0.1) is 3.95 Å². The summed E-state index contributed by atoms with van der Waals surface area (Å²) in [7, 11) is 1.31. The van der Waals surface area contributed by atoms with E-state index in [0.717, 1.165) is 16.9 Å². The number of aromatic nitrogens is 1. The number of fused-ring (bicyclic) bond motifs is 1. The van der Waals surface area contributed by atoms with E-state index < -0.39 is 5.97 Å². The van der Waals surface area contributed by atoms with E-state index in [-0.39, 0.29) is 25.1 Å². The van der Waals surface area contributed by atoms with Crippen LogP contribution in [-0.2, 0) is 11.3 Å². The molecule has 0 bridgehead atoms. The number of methoxy groups -OCH3 is 1. The second kappa shape index (κ2) is 8.17. The average molecular weight is 444 g/mol. The van der Waals surface area contributed by atoms with Crippen LogP contribution in [0.4, 0.5) is 5.82 Å². The molecule has 4 rings (SSSR count). The molecule has 0 fully saturated rings. The number of thiazole rings is 1. The number of anilines is 1. The lowest BCUT2D eigenvalue weighted by Gasteiger charge is -2.09. The first-order chi connectivity index (χ1) is 14.5. The van der Waals surface area contributed by atoms with Crippen molar-refractivity contribution in [1.29, 1.82) is 0 Å². The van der Waals surface area contributed by atoms with E-state index in [1.54, 1.807) is 34.9 Å². The van der Waals surface area contributed by atoms with Crippen molar-refractivity contribution in [3.63, 3.8) is 0 Å². The van der Waals surface area contributed by atoms with Crippen LogP contribution < -0.4 is 20.5 Å². The van der Waals surface area contributed by atoms with E-state index in [1.165, 1.54) is 7.11 Å². The second-order valence-corrected chi connectivity index (χ2v) is 7.97. The zero-order valence-corrected chi connectivity index (χ0v) is 17.5. The van der Waals surface area contributed by atoms with Crippen molar-refractivity contribution in [2.75, 3.05) is 19.6 Å². The molecule has 0 saturated carbocycles. The molecule has 0 atom stereocenters. The second-order valence-electron chi connectivity index (χ2n) is 6.33. The zero-order chi connectivity index (χ0) is 21.3. The van der Waals surface area contributed by atoms with Gasteiger partial charge in [0, 0.05) is 6.54 Å². The summed E-state index contributed by atoms with van der Waals surface area (Å²) in [5, 5.41) is 2.84. The van der Waals surface area contributed by atoms with E-state index in [0.29, 0.717) is 31.6 Å². The van der Waals surface area contributed by atoms with Gasteiger partial charge in [-0.1, -0.05) is 23.5 Å². The van der Waals surface area contributed by atoms with Gasteiger partial charge in [-0.15, -0.1) is 0 Å². The Kier molecular flexibility index (Phi) is 5.42. The lowest BCUT2D eigenvalue weighted by molar-refractivity contribution is 0.0600. The lowest BCUT2D eigenvalue weighted by atomic mass is 10.2. The number of ether oxygens (including phenoxy) is 3. The first-order valence-electron chi connectivity index (χ1n) is 8.84. The number of hydrogen-bond acceptors (Lipinski definition) is 8. The summed E-state index contributed by atoms with van der Waals surface area (Å²) >= 11 is 6.50. The van der Waals surface area contributed by atoms with Crippen LogP contribution in [-0.4, -0.2) is 30.3 Å². The first-order valence-corrected chi connectivity index (χ1v) is 10.1. The number of nitrogens with zero attached hydrogens (tertiary/aromatic N) is 1. The number of nitrogens with two attached hydrogens (primary N) is 1. The van der Waals surface area contributed by atoms with Crippen molar-refractivity contribution in [1.82, 2.24) is 9.88 Å². The van der Waals surface area contributed by atoms with Crippen LogP contribution in [0.2, 0.25) is 0 Å². The van der Waals surface area contributed by atoms with E-state index in [4.69, 9.17) is 32.2 Å². The largest absolute Gasteiger partial charge is 0.465 e. The Labute approximate surface area is 180 Å². The highest BCUT2D eigenvalue weighted by Crippen LogP contribution is 2.32. The van der Waals surface area contributed by atoms with E-state index in [9.17, 15) is 9.59 Å².